The van der Waals surface area contributed by atoms with Gasteiger partial charge in [0.15, 0.2) is 5.01 Å². The molecule has 1 N–H and O–H groups in total. The lowest BCUT2D eigenvalue weighted by Gasteiger charge is -2.43. The summed E-state index contributed by atoms with van der Waals surface area (Å²) in [7, 11) is -4.18. The number of sulfonamides is 1. The Bertz CT molecular complexity index is 1730. The van der Waals surface area contributed by atoms with Crippen LogP contribution in [0.5, 0.6) is 0 Å². The maximum absolute atomic E-state index is 13.5. The number of fused-ring (bicyclic) bond motifs is 1. The van der Waals surface area contributed by atoms with Crippen LogP contribution in [0.3, 0.4) is 0 Å². The number of piperazine rings is 1. The van der Waals surface area contributed by atoms with Crippen molar-refractivity contribution in [2.45, 2.75) is 61.9 Å². The van der Waals surface area contributed by atoms with E-state index in [1.165, 1.54) is 23.0 Å². The van der Waals surface area contributed by atoms with Gasteiger partial charge in [-0.05, 0) is 57.8 Å². The first kappa shape index (κ1) is 31.6. The van der Waals surface area contributed by atoms with Crippen molar-refractivity contribution in [1.82, 2.24) is 34.5 Å². The van der Waals surface area contributed by atoms with Gasteiger partial charge in [0.25, 0.3) is 12.9 Å². The molecule has 45 heavy (non-hydrogen) atoms. The minimum Gasteiger partial charge on any atom is -0.367 e. The SMILES string of the molecule is C[C@@H]1CN(c2cc(S(=O)(=O)NC3(C#N)CC3)cc3c2cnn3-c2nnc(C(F)F)s2)CCN1C(=O)C1CCN(CC(F)F)CC1. The van der Waals surface area contributed by atoms with E-state index < -0.39 is 33.4 Å². The lowest BCUT2D eigenvalue weighted by molar-refractivity contribution is -0.139. The highest BCUT2D eigenvalue weighted by molar-refractivity contribution is 7.89. The molecule has 18 heteroatoms. The van der Waals surface area contributed by atoms with Gasteiger partial charge in [0, 0.05) is 42.7 Å². The topological polar surface area (TPSA) is 140 Å². The standard InChI is InChI=1S/C27H31F4N9O3S2/c1-16-13-38(8-9-39(16)25(41)17-2-6-37(7-3-17)14-22(28)29)20-10-18(45(42,43)36-27(15-32)4-5-27)11-21-19(20)12-33-40(21)26-35-34-24(44-26)23(30)31/h10-12,16-17,22-23,36H,2-9,13-14H2,1H3/t16-/m1/s1. The van der Waals surface area contributed by atoms with Crippen LogP contribution in [-0.2, 0) is 14.8 Å². The summed E-state index contributed by atoms with van der Waals surface area (Å²) in [4.78, 5) is 18.8. The fourth-order valence-corrected chi connectivity index (χ4v) is 8.11. The van der Waals surface area contributed by atoms with E-state index in [1.54, 1.807) is 9.80 Å². The summed E-state index contributed by atoms with van der Waals surface area (Å²) in [5, 5.41) is 21.3. The Labute approximate surface area is 260 Å². The summed E-state index contributed by atoms with van der Waals surface area (Å²) in [6.07, 6.45) is -1.96. The molecule has 2 aromatic heterocycles. The Morgan fingerprint density at radius 1 is 1.16 bits per heavy atom. The Morgan fingerprint density at radius 2 is 1.89 bits per heavy atom. The summed E-state index contributed by atoms with van der Waals surface area (Å²) in [5.41, 5.74) is -0.359. The molecule has 242 valence electrons. The highest BCUT2D eigenvalue weighted by Gasteiger charge is 2.47. The number of likely N-dealkylation sites (tertiary alicyclic amines) is 1. The molecule has 6 rings (SSSR count). The molecule has 2 saturated heterocycles. The van der Waals surface area contributed by atoms with E-state index >= 15 is 0 Å². The number of rotatable bonds is 9. The zero-order valence-electron chi connectivity index (χ0n) is 24.2. The number of alkyl halides is 4. The number of halogens is 4. The lowest BCUT2D eigenvalue weighted by atomic mass is 9.94. The van der Waals surface area contributed by atoms with Crippen LogP contribution >= 0.6 is 11.3 Å². The number of nitrogens with one attached hydrogen (secondary N) is 1. The van der Waals surface area contributed by atoms with E-state index in [1.807, 2.05) is 17.9 Å². The lowest BCUT2D eigenvalue weighted by Crippen LogP contribution is -2.56. The molecule has 0 unspecified atom stereocenters. The average molecular weight is 670 g/mol. The number of hydrogen-bond acceptors (Lipinski definition) is 10. The van der Waals surface area contributed by atoms with Crippen LogP contribution in [0.15, 0.2) is 23.2 Å². The number of hydrogen-bond donors (Lipinski definition) is 1. The first-order valence-corrected chi connectivity index (χ1v) is 16.8. The molecule has 4 heterocycles. The van der Waals surface area contributed by atoms with Gasteiger partial charge in [-0.1, -0.05) is 11.3 Å². The van der Waals surface area contributed by atoms with E-state index in [9.17, 15) is 36.0 Å². The fourth-order valence-electron chi connectivity index (χ4n) is 6.03. The number of amides is 1. The Balaban J connectivity index is 1.28. The molecule has 1 amide bonds. The monoisotopic (exact) mass is 669 g/mol. The summed E-state index contributed by atoms with van der Waals surface area (Å²) < 4.78 is 82.9. The van der Waals surface area contributed by atoms with E-state index in [0.29, 0.717) is 86.3 Å². The Morgan fingerprint density at radius 3 is 2.49 bits per heavy atom. The second kappa shape index (κ2) is 12.1. The number of carbonyl (C=O) groups is 1. The van der Waals surface area contributed by atoms with Crippen molar-refractivity contribution in [3.8, 4) is 11.2 Å². The van der Waals surface area contributed by atoms with E-state index in [0.717, 1.165) is 0 Å². The van der Waals surface area contributed by atoms with Crippen molar-refractivity contribution in [2.75, 3.05) is 44.2 Å². The number of anilines is 1. The predicted octanol–water partition coefficient (Wildman–Crippen LogP) is 3.16. The van der Waals surface area contributed by atoms with Crippen LogP contribution in [0, 0.1) is 17.2 Å². The molecule has 3 aromatic rings. The number of benzene rings is 1. The maximum atomic E-state index is 13.5. The first-order chi connectivity index (χ1) is 21.4. The van der Waals surface area contributed by atoms with Crippen LogP contribution < -0.4 is 9.62 Å². The van der Waals surface area contributed by atoms with Gasteiger partial charge in [0.05, 0.1) is 29.2 Å². The molecule has 1 atom stereocenters. The van der Waals surface area contributed by atoms with Gasteiger partial charge in [0.2, 0.25) is 21.1 Å². The molecule has 0 radical (unpaired) electrons. The molecular formula is C27H31F4N9O3S2. The highest BCUT2D eigenvalue weighted by atomic mass is 32.2. The minimum atomic E-state index is -4.18. The highest BCUT2D eigenvalue weighted by Crippen LogP contribution is 2.38. The summed E-state index contributed by atoms with van der Waals surface area (Å²) in [6, 6.07) is 4.63. The van der Waals surface area contributed by atoms with Crippen molar-refractivity contribution in [2.24, 2.45) is 5.92 Å². The predicted molar refractivity (Wildman–Crippen MR) is 156 cm³/mol. The first-order valence-electron chi connectivity index (χ1n) is 14.5. The quantitative estimate of drug-likeness (QED) is 0.341. The molecule has 3 aliphatic rings. The van der Waals surface area contributed by atoms with Gasteiger partial charge in [-0.15, -0.1) is 10.2 Å². The molecule has 12 nitrogen and oxygen atoms in total. The average Bonchev–Trinajstić information content (AvgIpc) is 3.37. The molecule has 3 fully saturated rings. The van der Waals surface area contributed by atoms with Crippen molar-refractivity contribution in [1.29, 1.82) is 5.26 Å². The summed E-state index contributed by atoms with van der Waals surface area (Å²) >= 11 is 0.634. The van der Waals surface area contributed by atoms with Crippen molar-refractivity contribution in [3.63, 3.8) is 0 Å². The Hall–Kier alpha value is -3.40. The third kappa shape index (κ3) is 6.35. The molecule has 1 aromatic carbocycles. The van der Waals surface area contributed by atoms with Crippen molar-refractivity contribution >= 4 is 43.9 Å². The van der Waals surface area contributed by atoms with Gasteiger partial charge in [0.1, 0.15) is 5.54 Å². The van der Waals surface area contributed by atoms with E-state index in [2.05, 4.69) is 20.0 Å². The second-order valence-corrected chi connectivity index (χ2v) is 14.4. The summed E-state index contributed by atoms with van der Waals surface area (Å²) in [6.45, 7) is 3.57. The smallest absolute Gasteiger partial charge is 0.291 e. The summed E-state index contributed by atoms with van der Waals surface area (Å²) in [5.74, 6) is -0.271. The van der Waals surface area contributed by atoms with Crippen LogP contribution in [0.25, 0.3) is 16.0 Å². The number of nitriles is 1. The number of aromatic nitrogens is 4. The number of carbonyl (C=O) groups excluding carboxylic acids is 1. The number of piperidine rings is 1. The molecule has 1 saturated carbocycles. The molecule has 0 spiro atoms. The molecule has 0 bridgehead atoms. The normalized spacial score (nSPS) is 21.2. The van der Waals surface area contributed by atoms with E-state index in [-0.39, 0.29) is 34.4 Å². The van der Waals surface area contributed by atoms with E-state index in [4.69, 9.17) is 0 Å². The third-order valence-corrected chi connectivity index (χ3v) is 11.0. The van der Waals surface area contributed by atoms with Gasteiger partial charge >= 0.3 is 0 Å². The second-order valence-electron chi connectivity index (χ2n) is 11.7. The van der Waals surface area contributed by atoms with Gasteiger partial charge < -0.3 is 9.80 Å². The van der Waals surface area contributed by atoms with Crippen molar-refractivity contribution < 1.29 is 30.8 Å². The maximum Gasteiger partial charge on any atom is 0.291 e. The zero-order valence-corrected chi connectivity index (χ0v) is 25.9. The Kier molecular flexibility index (Phi) is 8.48. The van der Waals surface area contributed by atoms with Gasteiger partial charge in [-0.2, -0.15) is 15.1 Å². The fraction of sp³-hybridized carbons (Fsp3) is 0.593. The van der Waals surface area contributed by atoms with Crippen LogP contribution in [0.2, 0.25) is 0 Å². The molecular weight excluding hydrogens is 638 g/mol. The van der Waals surface area contributed by atoms with Crippen LogP contribution in [0.1, 0.15) is 44.0 Å². The minimum absolute atomic E-state index is 0.0188. The third-order valence-electron chi connectivity index (χ3n) is 8.63. The number of nitrogens with zero attached hydrogens (tertiary/aromatic N) is 8. The zero-order chi connectivity index (χ0) is 32.1. The largest absolute Gasteiger partial charge is 0.367 e. The van der Waals surface area contributed by atoms with Crippen LogP contribution in [-0.4, -0.2) is 101 Å². The van der Waals surface area contributed by atoms with Crippen molar-refractivity contribution in [3.05, 3.63) is 23.3 Å². The van der Waals surface area contributed by atoms with Crippen LogP contribution in [0.4, 0.5) is 23.2 Å². The molecule has 2 aliphatic heterocycles. The van der Waals surface area contributed by atoms with Gasteiger partial charge in [-0.25, -0.2) is 30.7 Å². The van der Waals surface area contributed by atoms with Gasteiger partial charge in [-0.3, -0.25) is 9.69 Å². The molecule has 1 aliphatic carbocycles.